The molecule has 1 saturated carbocycles. The van der Waals surface area contributed by atoms with Crippen molar-refractivity contribution < 1.29 is 48.4 Å². The summed E-state index contributed by atoms with van der Waals surface area (Å²) < 4.78 is 20.3. The van der Waals surface area contributed by atoms with E-state index in [1.807, 2.05) is 53.7 Å². The molecule has 1 spiro atoms. The largest absolute Gasteiger partial charge is 0.506 e. The van der Waals surface area contributed by atoms with Crippen molar-refractivity contribution in [3.05, 3.63) is 57.7 Å². The van der Waals surface area contributed by atoms with Crippen LogP contribution in [-0.2, 0) is 30.3 Å². The first kappa shape index (κ1) is 35.1. The summed E-state index contributed by atoms with van der Waals surface area (Å²) >= 11 is 0. The number of primary amides is 1. The topological polar surface area (TPSA) is 192 Å². The number of carboxylic acid groups (broad SMARTS) is 1. The predicted molar refractivity (Wildman–Crippen MR) is 182 cm³/mol. The number of rotatable bonds is 10. The van der Waals surface area contributed by atoms with Gasteiger partial charge in [-0.25, -0.2) is 4.79 Å². The van der Waals surface area contributed by atoms with Crippen LogP contribution in [-0.4, -0.2) is 68.0 Å². The lowest BCUT2D eigenvalue weighted by Crippen LogP contribution is -2.72. The fraction of sp³-hybridized carbons (Fsp3) is 0.500. The number of ketones is 2. The van der Waals surface area contributed by atoms with Crippen LogP contribution in [0.5, 0.6) is 17.2 Å². The van der Waals surface area contributed by atoms with Gasteiger partial charge in [0.2, 0.25) is 11.8 Å². The number of allylic oxidation sites excluding steroid dienone is 3. The highest BCUT2D eigenvalue weighted by Gasteiger charge is 2.81. The van der Waals surface area contributed by atoms with E-state index in [2.05, 4.69) is 5.32 Å². The summed E-state index contributed by atoms with van der Waals surface area (Å²) in [7, 11) is 0. The molecule has 1 saturated heterocycles. The van der Waals surface area contributed by atoms with E-state index >= 15 is 0 Å². The number of amides is 2. The van der Waals surface area contributed by atoms with Gasteiger partial charge >= 0.3 is 5.97 Å². The zero-order valence-electron chi connectivity index (χ0n) is 29.4. The molecular formula is C38H44N2O10. The van der Waals surface area contributed by atoms with Gasteiger partial charge in [0.25, 0.3) is 0 Å². The number of ether oxygens (including phenoxy) is 3. The summed E-state index contributed by atoms with van der Waals surface area (Å²) in [6.45, 7) is 12.8. The number of aromatic hydroxyl groups is 1. The standard InChI is InChI=1S/C38H44N2O10/c1-18(2)8-9-22-30-21(13-14-35(4,5)48-30)28(42)27-29(43)23-16-20-17-25-36(6,7)50-37(32(20)44,38(23,25)49-31(22)27)15-12-19(3)33(45)40-24(34(46)47)10-11-26(39)41/h8,12-14,16,20,24-25,42H,9-11,15,17H2,1-7H3,(H2,39,41)(H,40,45)(H,46,47)/b19-12-/t20-,24-,25?,37+,38-/m0/s1. The van der Waals surface area contributed by atoms with Crippen LogP contribution in [0.4, 0.5) is 0 Å². The zero-order chi connectivity index (χ0) is 36.7. The van der Waals surface area contributed by atoms with Gasteiger partial charge in [-0.15, -0.1) is 0 Å². The lowest BCUT2D eigenvalue weighted by Gasteiger charge is -2.56. The molecule has 5 N–H and O–H groups in total. The Bertz CT molecular complexity index is 1880. The minimum absolute atomic E-state index is 0.000124. The second-order valence-electron chi connectivity index (χ2n) is 15.3. The highest BCUT2D eigenvalue weighted by Crippen LogP contribution is 2.68. The molecule has 1 aromatic rings. The van der Waals surface area contributed by atoms with E-state index in [4.69, 9.17) is 19.9 Å². The molecule has 4 bridgehead atoms. The molecule has 3 aliphatic carbocycles. The van der Waals surface area contributed by atoms with Crippen molar-refractivity contribution in [2.75, 3.05) is 0 Å². The van der Waals surface area contributed by atoms with Gasteiger partial charge in [0, 0.05) is 41.4 Å². The van der Waals surface area contributed by atoms with E-state index in [1.54, 1.807) is 12.2 Å². The second-order valence-corrected chi connectivity index (χ2v) is 15.3. The number of fused-ring (bicyclic) bond motifs is 2. The number of Topliss-reactive ketones (excluding diaryl/α,β-unsaturated/α-hetero) is 2. The van der Waals surface area contributed by atoms with Gasteiger partial charge < -0.3 is 35.5 Å². The van der Waals surface area contributed by atoms with E-state index in [-0.39, 0.29) is 53.3 Å². The van der Waals surface area contributed by atoms with Crippen LogP contribution in [0, 0.1) is 11.8 Å². The molecule has 3 aliphatic heterocycles. The first-order valence-corrected chi connectivity index (χ1v) is 16.9. The Kier molecular flexibility index (Phi) is 8.21. The predicted octanol–water partition coefficient (Wildman–Crippen LogP) is 4.26. The quantitative estimate of drug-likeness (QED) is 0.204. The third kappa shape index (κ3) is 5.18. The zero-order valence-corrected chi connectivity index (χ0v) is 29.4. The Labute approximate surface area is 290 Å². The first-order chi connectivity index (χ1) is 23.3. The average Bonchev–Trinajstić information content (AvgIpc) is 3.17. The Morgan fingerprint density at radius 1 is 1.08 bits per heavy atom. The van der Waals surface area contributed by atoms with Gasteiger partial charge in [-0.3, -0.25) is 19.2 Å². The maximum absolute atomic E-state index is 14.8. The maximum Gasteiger partial charge on any atom is 0.326 e. The number of carbonyl (C=O) groups is 5. The van der Waals surface area contributed by atoms with E-state index in [0.717, 1.165) is 5.57 Å². The van der Waals surface area contributed by atoms with Crippen molar-refractivity contribution in [1.29, 1.82) is 0 Å². The summed E-state index contributed by atoms with van der Waals surface area (Å²) in [6, 6.07) is -1.36. The van der Waals surface area contributed by atoms with Gasteiger partial charge in [-0.1, -0.05) is 23.8 Å². The normalized spacial score (nSPS) is 28.3. The fourth-order valence-corrected chi connectivity index (χ4v) is 8.27. The number of hydrogen-bond acceptors (Lipinski definition) is 9. The molecule has 2 fully saturated rings. The number of nitrogens with two attached hydrogens (primary N) is 1. The third-order valence-corrected chi connectivity index (χ3v) is 10.7. The molecule has 50 heavy (non-hydrogen) atoms. The smallest absolute Gasteiger partial charge is 0.326 e. The number of phenolic OH excluding ortho intramolecular Hbond substituents is 1. The molecule has 1 aromatic carbocycles. The third-order valence-electron chi connectivity index (χ3n) is 10.7. The summed E-state index contributed by atoms with van der Waals surface area (Å²) in [5, 5.41) is 23.7. The van der Waals surface area contributed by atoms with Crippen LogP contribution >= 0.6 is 0 Å². The van der Waals surface area contributed by atoms with E-state index in [0.29, 0.717) is 29.7 Å². The van der Waals surface area contributed by atoms with Crippen molar-refractivity contribution in [2.45, 2.75) is 109 Å². The molecule has 0 aromatic heterocycles. The van der Waals surface area contributed by atoms with Gasteiger partial charge in [0.05, 0.1) is 11.2 Å². The molecule has 5 atom stereocenters. The number of hydrogen-bond donors (Lipinski definition) is 4. The maximum atomic E-state index is 14.8. The summed E-state index contributed by atoms with van der Waals surface area (Å²) in [5.41, 5.74) is 2.44. The molecule has 3 heterocycles. The molecule has 2 amide bonds. The van der Waals surface area contributed by atoms with Gasteiger partial charge in [-0.05, 0) is 79.9 Å². The summed E-state index contributed by atoms with van der Waals surface area (Å²) in [4.78, 5) is 65.5. The Morgan fingerprint density at radius 3 is 2.42 bits per heavy atom. The monoisotopic (exact) mass is 688 g/mol. The molecule has 12 heteroatoms. The number of phenols is 1. The van der Waals surface area contributed by atoms with E-state index < -0.39 is 63.8 Å². The molecule has 6 aliphatic rings. The number of nitrogens with one attached hydrogen (secondary N) is 1. The number of benzene rings is 1. The number of aliphatic carboxylic acids is 1. The van der Waals surface area contributed by atoms with Gasteiger partial charge in [-0.2, -0.15) is 0 Å². The van der Waals surface area contributed by atoms with Gasteiger partial charge in [0.1, 0.15) is 34.5 Å². The van der Waals surface area contributed by atoms with Crippen molar-refractivity contribution in [3.8, 4) is 17.2 Å². The minimum atomic E-state index is -1.74. The number of carboxylic acids is 1. The fourth-order valence-electron chi connectivity index (χ4n) is 8.27. The average molecular weight is 689 g/mol. The Morgan fingerprint density at radius 2 is 1.78 bits per heavy atom. The minimum Gasteiger partial charge on any atom is -0.506 e. The first-order valence-electron chi connectivity index (χ1n) is 16.9. The van der Waals surface area contributed by atoms with Crippen molar-refractivity contribution in [1.82, 2.24) is 5.32 Å². The molecule has 7 rings (SSSR count). The van der Waals surface area contributed by atoms with Crippen LogP contribution in [0.2, 0.25) is 0 Å². The molecule has 266 valence electrons. The summed E-state index contributed by atoms with van der Waals surface area (Å²) in [6.07, 6.45) is 8.79. The highest BCUT2D eigenvalue weighted by molar-refractivity contribution is 6.19. The lowest BCUT2D eigenvalue weighted by molar-refractivity contribution is -0.171. The van der Waals surface area contributed by atoms with Crippen LogP contribution < -0.4 is 20.5 Å². The lowest BCUT2D eigenvalue weighted by atomic mass is 9.51. The Balaban J connectivity index is 1.49. The van der Waals surface area contributed by atoms with E-state index in [1.165, 1.54) is 13.0 Å². The SMILES string of the molecule is CC(C)=CCc1c2c(c(O)c3c1O[C@@]14C(=C[C@H]5CC1C(C)(C)O[C@]4(C/C=C(/C)C(=O)N[C@@H](CCC(N)=O)C(=O)O)C5=O)C3=O)C=CC(C)(C)O2. The number of carbonyl (C=O) groups excluding carboxylic acids is 4. The van der Waals surface area contributed by atoms with Crippen LogP contribution in [0.25, 0.3) is 6.08 Å². The van der Waals surface area contributed by atoms with E-state index in [9.17, 15) is 34.2 Å². The second kappa shape index (κ2) is 11.7. The Hall–Kier alpha value is -4.71. The van der Waals surface area contributed by atoms with Crippen molar-refractivity contribution >= 4 is 35.4 Å². The van der Waals surface area contributed by atoms with Crippen molar-refractivity contribution in [2.24, 2.45) is 17.6 Å². The van der Waals surface area contributed by atoms with Crippen LogP contribution in [0.1, 0.15) is 95.6 Å². The molecular weight excluding hydrogens is 644 g/mol. The molecule has 0 radical (unpaired) electrons. The van der Waals surface area contributed by atoms with Gasteiger partial charge in [0.15, 0.2) is 22.8 Å². The highest BCUT2D eigenvalue weighted by atomic mass is 16.6. The van der Waals surface area contributed by atoms with Crippen molar-refractivity contribution in [3.63, 3.8) is 0 Å². The molecule has 1 unspecified atom stereocenters. The van der Waals surface area contributed by atoms with Crippen LogP contribution in [0.3, 0.4) is 0 Å². The molecule has 12 nitrogen and oxygen atoms in total. The summed E-state index contributed by atoms with van der Waals surface area (Å²) in [5.74, 6) is -4.38. The van der Waals surface area contributed by atoms with Crippen LogP contribution in [0.15, 0.2) is 41.0 Å².